The summed E-state index contributed by atoms with van der Waals surface area (Å²) in [6, 6.07) is 3.92. The van der Waals surface area contributed by atoms with E-state index in [4.69, 9.17) is 32.6 Å². The number of benzene rings is 1. The highest BCUT2D eigenvalue weighted by Crippen LogP contribution is 2.28. The first-order valence-corrected chi connectivity index (χ1v) is 6.84. The Morgan fingerprint density at radius 2 is 2.20 bits per heavy atom. The molecule has 20 heavy (non-hydrogen) atoms. The molecule has 1 aromatic rings. The average Bonchev–Trinajstić information content (AvgIpc) is 2.32. The van der Waals surface area contributed by atoms with Crippen LogP contribution < -0.4 is 11.2 Å². The second kappa shape index (κ2) is 5.87. The van der Waals surface area contributed by atoms with Crippen LogP contribution in [0.15, 0.2) is 22.1 Å². The fourth-order valence-corrected chi connectivity index (χ4v) is 2.09. The minimum Gasteiger partial charge on any atom is -0.382 e. The van der Waals surface area contributed by atoms with E-state index in [-0.39, 0.29) is 10.7 Å². The molecule has 0 atom stereocenters. The molecule has 10 heteroatoms. The third kappa shape index (κ3) is 3.67. The highest BCUT2D eigenvalue weighted by Gasteiger charge is 2.17. The zero-order valence-corrected chi connectivity index (χ0v) is 11.7. The Labute approximate surface area is 120 Å². The van der Waals surface area contributed by atoms with Crippen LogP contribution in [0.3, 0.4) is 0 Å². The van der Waals surface area contributed by atoms with Gasteiger partial charge in [-0.15, -0.1) is 0 Å². The molecule has 8 nitrogen and oxygen atoms in total. The SMILES string of the molecule is Cc1cc(S(=O)(=O)O)c(N/N=C(\C#N)C(=N)N)cc1Cl. The van der Waals surface area contributed by atoms with Crippen LogP contribution in [0.25, 0.3) is 0 Å². The van der Waals surface area contributed by atoms with Gasteiger partial charge in [-0.25, -0.2) is 0 Å². The maximum Gasteiger partial charge on any atom is 0.296 e. The highest BCUT2D eigenvalue weighted by molar-refractivity contribution is 7.86. The van der Waals surface area contributed by atoms with Crippen LogP contribution in [-0.4, -0.2) is 24.5 Å². The Hall–Kier alpha value is -2.15. The van der Waals surface area contributed by atoms with Crippen molar-refractivity contribution in [3.05, 3.63) is 22.7 Å². The summed E-state index contributed by atoms with van der Waals surface area (Å²) in [5.41, 5.74) is 7.17. The van der Waals surface area contributed by atoms with E-state index in [9.17, 15) is 8.42 Å². The number of nitriles is 1. The largest absolute Gasteiger partial charge is 0.382 e. The molecule has 0 aliphatic carbocycles. The van der Waals surface area contributed by atoms with Crippen molar-refractivity contribution in [3.8, 4) is 6.07 Å². The van der Waals surface area contributed by atoms with Gasteiger partial charge in [0.2, 0.25) is 5.71 Å². The average molecular weight is 316 g/mol. The van der Waals surface area contributed by atoms with Crippen LogP contribution in [0, 0.1) is 23.7 Å². The maximum atomic E-state index is 11.3. The number of halogens is 1. The van der Waals surface area contributed by atoms with Crippen LogP contribution >= 0.6 is 11.6 Å². The van der Waals surface area contributed by atoms with E-state index in [1.165, 1.54) is 6.07 Å². The van der Waals surface area contributed by atoms with Crippen molar-refractivity contribution in [2.45, 2.75) is 11.8 Å². The van der Waals surface area contributed by atoms with E-state index >= 15 is 0 Å². The Morgan fingerprint density at radius 1 is 1.60 bits per heavy atom. The molecule has 0 radical (unpaired) electrons. The van der Waals surface area contributed by atoms with Crippen molar-refractivity contribution in [1.82, 2.24) is 0 Å². The number of hydrazone groups is 1. The lowest BCUT2D eigenvalue weighted by atomic mass is 10.2. The summed E-state index contributed by atoms with van der Waals surface area (Å²) in [5.74, 6) is -0.591. The number of rotatable bonds is 4. The first kappa shape index (κ1) is 15.9. The van der Waals surface area contributed by atoms with Gasteiger partial charge in [0, 0.05) is 5.02 Å². The molecule has 0 bridgehead atoms. The molecule has 0 aromatic heterocycles. The number of nitrogens with two attached hydrogens (primary N) is 1. The fraction of sp³-hybridized carbons (Fsp3) is 0.100. The zero-order valence-electron chi connectivity index (χ0n) is 10.2. The number of hydrogen-bond donors (Lipinski definition) is 4. The minimum atomic E-state index is -4.51. The summed E-state index contributed by atoms with van der Waals surface area (Å²) < 4.78 is 31.6. The molecular formula is C10H10ClN5O3S. The third-order valence-corrected chi connectivity index (χ3v) is 3.49. The Morgan fingerprint density at radius 3 is 2.65 bits per heavy atom. The molecule has 106 valence electrons. The molecule has 0 amide bonds. The first-order chi connectivity index (χ1) is 9.16. The van der Waals surface area contributed by atoms with E-state index in [2.05, 4.69) is 10.5 Å². The molecule has 0 aliphatic heterocycles. The van der Waals surface area contributed by atoms with Gasteiger partial charge in [0.05, 0.1) is 5.69 Å². The standard InChI is InChI=1S/C10H10ClN5O3S/c1-5-2-9(20(17,18)19)7(3-6(5)11)15-16-8(4-12)10(13)14/h2-3,15H,1H3,(H3,13,14)(H,17,18,19)/b16-8+. The highest BCUT2D eigenvalue weighted by atomic mass is 35.5. The molecule has 0 unspecified atom stereocenters. The number of nitrogens with zero attached hydrogens (tertiary/aromatic N) is 2. The molecule has 0 fully saturated rings. The molecule has 1 rings (SSSR count). The smallest absolute Gasteiger partial charge is 0.296 e. The Bertz CT molecular complexity index is 736. The van der Waals surface area contributed by atoms with Crippen molar-refractivity contribution in [2.75, 3.05) is 5.43 Å². The van der Waals surface area contributed by atoms with Crippen LogP contribution in [0.1, 0.15) is 5.56 Å². The molecule has 1 aromatic carbocycles. The van der Waals surface area contributed by atoms with Gasteiger partial charge in [-0.3, -0.25) is 15.4 Å². The number of anilines is 1. The summed E-state index contributed by atoms with van der Waals surface area (Å²) >= 11 is 5.85. The van der Waals surface area contributed by atoms with E-state index < -0.39 is 26.6 Å². The van der Waals surface area contributed by atoms with E-state index in [1.807, 2.05) is 0 Å². The van der Waals surface area contributed by atoms with Crippen molar-refractivity contribution >= 4 is 39.0 Å². The minimum absolute atomic E-state index is 0.142. The molecular weight excluding hydrogens is 306 g/mol. The Kier molecular flexibility index (Phi) is 4.67. The first-order valence-electron chi connectivity index (χ1n) is 5.02. The normalized spacial score (nSPS) is 11.8. The van der Waals surface area contributed by atoms with Gasteiger partial charge in [-0.05, 0) is 24.6 Å². The van der Waals surface area contributed by atoms with Crippen molar-refractivity contribution in [1.29, 1.82) is 10.7 Å². The van der Waals surface area contributed by atoms with E-state index in [0.717, 1.165) is 6.07 Å². The van der Waals surface area contributed by atoms with Crippen LogP contribution in [0.2, 0.25) is 5.02 Å². The number of nitrogens with one attached hydrogen (secondary N) is 2. The number of amidine groups is 1. The molecule has 5 N–H and O–H groups in total. The zero-order chi connectivity index (χ0) is 15.5. The van der Waals surface area contributed by atoms with Gasteiger partial charge in [0.25, 0.3) is 10.1 Å². The van der Waals surface area contributed by atoms with Crippen molar-refractivity contribution in [2.24, 2.45) is 10.8 Å². The van der Waals surface area contributed by atoms with Crippen LogP contribution in [-0.2, 0) is 10.1 Å². The van der Waals surface area contributed by atoms with Gasteiger partial charge >= 0.3 is 0 Å². The number of hydrogen-bond acceptors (Lipinski definition) is 6. The van der Waals surface area contributed by atoms with Gasteiger partial charge in [-0.1, -0.05) is 11.6 Å². The molecule has 0 heterocycles. The quantitative estimate of drug-likeness (QED) is 0.283. The van der Waals surface area contributed by atoms with E-state index in [0.29, 0.717) is 5.56 Å². The molecule has 0 aliphatic rings. The Balaban J connectivity index is 3.36. The second-order valence-electron chi connectivity index (χ2n) is 3.67. The van der Waals surface area contributed by atoms with Gasteiger partial charge in [0.1, 0.15) is 11.0 Å². The topological polar surface area (TPSA) is 152 Å². The maximum absolute atomic E-state index is 11.3. The lowest BCUT2D eigenvalue weighted by Crippen LogP contribution is -2.22. The summed E-state index contributed by atoms with van der Waals surface area (Å²) in [6.07, 6.45) is 0. The summed E-state index contributed by atoms with van der Waals surface area (Å²) in [6.45, 7) is 1.56. The lowest BCUT2D eigenvalue weighted by Gasteiger charge is -2.09. The molecule has 0 spiro atoms. The van der Waals surface area contributed by atoms with E-state index in [1.54, 1.807) is 13.0 Å². The predicted molar refractivity (Wildman–Crippen MR) is 74.6 cm³/mol. The third-order valence-electron chi connectivity index (χ3n) is 2.19. The van der Waals surface area contributed by atoms with Crippen molar-refractivity contribution in [3.63, 3.8) is 0 Å². The lowest BCUT2D eigenvalue weighted by molar-refractivity contribution is 0.483. The molecule has 0 saturated carbocycles. The molecule has 0 saturated heterocycles. The van der Waals surface area contributed by atoms with Crippen LogP contribution in [0.4, 0.5) is 5.69 Å². The predicted octanol–water partition coefficient (Wildman–Crippen LogP) is 1.12. The van der Waals surface area contributed by atoms with Gasteiger partial charge in [0.15, 0.2) is 5.84 Å². The monoisotopic (exact) mass is 315 g/mol. The van der Waals surface area contributed by atoms with Gasteiger partial charge < -0.3 is 5.73 Å². The number of aryl methyl sites for hydroxylation is 1. The van der Waals surface area contributed by atoms with Gasteiger partial charge in [-0.2, -0.15) is 18.8 Å². The summed E-state index contributed by atoms with van der Waals surface area (Å²) in [7, 11) is -4.51. The second-order valence-corrected chi connectivity index (χ2v) is 5.47. The van der Waals surface area contributed by atoms with Crippen LogP contribution in [0.5, 0.6) is 0 Å². The summed E-state index contributed by atoms with van der Waals surface area (Å²) in [5, 5.41) is 19.4. The fourth-order valence-electron chi connectivity index (χ4n) is 1.22. The summed E-state index contributed by atoms with van der Waals surface area (Å²) in [4.78, 5) is -0.455. The van der Waals surface area contributed by atoms with Crippen molar-refractivity contribution < 1.29 is 13.0 Å².